The van der Waals surface area contributed by atoms with Crippen molar-refractivity contribution in [2.45, 2.75) is 6.92 Å². The highest BCUT2D eigenvalue weighted by atomic mass is 35.5. The first-order chi connectivity index (χ1) is 6.47. The van der Waals surface area contributed by atoms with Crippen molar-refractivity contribution in [3.05, 3.63) is 0 Å². The Morgan fingerprint density at radius 3 is 2.43 bits per heavy atom. The number of esters is 1. The number of nitrogens with zero attached hydrogens (tertiary/aromatic N) is 1. The molecule has 0 radical (unpaired) electrons. The lowest BCUT2D eigenvalue weighted by molar-refractivity contribution is -0.140. The first-order valence-electron chi connectivity index (χ1n) is 4.08. The smallest absolute Gasteiger partial charge is 0.321 e. The highest BCUT2D eigenvalue weighted by molar-refractivity contribution is 7.89. The number of hydrogen-bond acceptors (Lipinski definition) is 4. The van der Waals surface area contributed by atoms with Crippen molar-refractivity contribution in [2.24, 2.45) is 0 Å². The molecule has 0 aliphatic carbocycles. The summed E-state index contributed by atoms with van der Waals surface area (Å²) in [6.07, 6.45) is 0. The quantitative estimate of drug-likeness (QED) is 0.489. The second-order valence-electron chi connectivity index (χ2n) is 2.51. The summed E-state index contributed by atoms with van der Waals surface area (Å²) >= 11 is 5.34. The van der Waals surface area contributed by atoms with Crippen LogP contribution in [0.5, 0.6) is 0 Å². The third-order valence-corrected chi connectivity index (χ3v) is 3.92. The van der Waals surface area contributed by atoms with Crippen LogP contribution in [-0.4, -0.2) is 50.5 Å². The maximum absolute atomic E-state index is 11.4. The molecule has 0 unspecified atom stereocenters. The Labute approximate surface area is 89.0 Å². The van der Waals surface area contributed by atoms with Crippen LogP contribution >= 0.6 is 11.6 Å². The monoisotopic (exact) mass is 243 g/mol. The van der Waals surface area contributed by atoms with Crippen molar-refractivity contribution in [3.8, 4) is 0 Å². The van der Waals surface area contributed by atoms with E-state index in [1.165, 1.54) is 7.11 Å². The number of carbonyl (C=O) groups is 1. The fourth-order valence-corrected chi connectivity index (χ4v) is 2.58. The average Bonchev–Trinajstić information content (AvgIpc) is 2.13. The molecule has 0 aromatic carbocycles. The van der Waals surface area contributed by atoms with Gasteiger partial charge in [-0.1, -0.05) is 6.92 Å². The number of rotatable bonds is 6. The van der Waals surface area contributed by atoms with Crippen LogP contribution in [-0.2, 0) is 19.6 Å². The van der Waals surface area contributed by atoms with Crippen LogP contribution in [0.25, 0.3) is 0 Å². The van der Waals surface area contributed by atoms with Gasteiger partial charge in [-0.3, -0.25) is 4.79 Å². The first-order valence-corrected chi connectivity index (χ1v) is 6.23. The molecule has 84 valence electrons. The molecule has 0 atom stereocenters. The molecule has 0 fully saturated rings. The lowest BCUT2D eigenvalue weighted by Gasteiger charge is -2.18. The molecule has 0 saturated carbocycles. The summed E-state index contributed by atoms with van der Waals surface area (Å²) in [6, 6.07) is 0. The number of ether oxygens (including phenoxy) is 1. The highest BCUT2D eigenvalue weighted by Gasteiger charge is 2.22. The number of sulfonamides is 1. The highest BCUT2D eigenvalue weighted by Crippen LogP contribution is 2.02. The molecule has 14 heavy (non-hydrogen) atoms. The van der Waals surface area contributed by atoms with E-state index in [1.54, 1.807) is 6.92 Å². The van der Waals surface area contributed by atoms with Gasteiger partial charge in [-0.15, -0.1) is 11.6 Å². The summed E-state index contributed by atoms with van der Waals surface area (Å²) in [6.45, 7) is 1.62. The topological polar surface area (TPSA) is 63.7 Å². The van der Waals surface area contributed by atoms with Gasteiger partial charge in [-0.2, -0.15) is 4.31 Å². The minimum absolute atomic E-state index is 0.0139. The Morgan fingerprint density at radius 2 is 2.07 bits per heavy atom. The van der Waals surface area contributed by atoms with Gasteiger partial charge in [0.05, 0.1) is 12.9 Å². The lowest BCUT2D eigenvalue weighted by Crippen LogP contribution is -2.37. The zero-order valence-electron chi connectivity index (χ0n) is 8.19. The lowest BCUT2D eigenvalue weighted by atomic mass is 10.6. The van der Waals surface area contributed by atoms with E-state index in [1.807, 2.05) is 0 Å². The van der Waals surface area contributed by atoms with Gasteiger partial charge in [0.1, 0.15) is 6.54 Å². The molecule has 0 saturated heterocycles. The summed E-state index contributed by atoms with van der Waals surface area (Å²) in [5.41, 5.74) is 0. The predicted octanol–water partition coefficient (Wildman–Crippen LogP) is 0.0499. The van der Waals surface area contributed by atoms with E-state index in [-0.39, 0.29) is 24.7 Å². The molecule has 0 heterocycles. The van der Waals surface area contributed by atoms with E-state index in [4.69, 9.17) is 11.6 Å². The zero-order valence-corrected chi connectivity index (χ0v) is 9.77. The molecule has 0 aromatic heterocycles. The van der Waals surface area contributed by atoms with Crippen molar-refractivity contribution in [2.75, 3.05) is 31.8 Å². The van der Waals surface area contributed by atoms with Crippen LogP contribution in [0.2, 0.25) is 0 Å². The Bertz CT molecular complexity index is 277. The van der Waals surface area contributed by atoms with Crippen molar-refractivity contribution in [1.82, 2.24) is 4.31 Å². The minimum atomic E-state index is -3.43. The van der Waals surface area contributed by atoms with E-state index in [0.29, 0.717) is 0 Å². The molecular weight excluding hydrogens is 230 g/mol. The van der Waals surface area contributed by atoms with Crippen molar-refractivity contribution in [3.63, 3.8) is 0 Å². The van der Waals surface area contributed by atoms with Crippen LogP contribution in [0.1, 0.15) is 6.92 Å². The SMILES string of the molecule is CCN(CC(=O)OC)S(=O)(=O)CCCl. The molecule has 7 heteroatoms. The van der Waals surface area contributed by atoms with Gasteiger partial charge in [0.2, 0.25) is 10.0 Å². The summed E-state index contributed by atoms with van der Waals surface area (Å²) < 4.78 is 28.3. The molecule has 0 amide bonds. The molecule has 0 bridgehead atoms. The molecular formula is C7H14ClNO4S. The molecule has 0 rings (SSSR count). The minimum Gasteiger partial charge on any atom is -0.468 e. The number of hydrogen-bond donors (Lipinski definition) is 0. The number of alkyl halides is 1. The number of likely N-dealkylation sites (N-methyl/N-ethyl adjacent to an activating group) is 1. The van der Waals surface area contributed by atoms with E-state index >= 15 is 0 Å². The molecule has 0 N–H and O–H groups in total. The van der Waals surface area contributed by atoms with Crippen LogP contribution < -0.4 is 0 Å². The summed E-state index contributed by atoms with van der Waals surface area (Å²) in [7, 11) is -2.21. The van der Waals surface area contributed by atoms with Gasteiger partial charge in [-0.05, 0) is 0 Å². The molecule has 0 aliphatic heterocycles. The maximum Gasteiger partial charge on any atom is 0.321 e. The second-order valence-corrected chi connectivity index (χ2v) is 4.97. The van der Waals surface area contributed by atoms with Gasteiger partial charge in [0, 0.05) is 12.4 Å². The molecule has 0 spiro atoms. The van der Waals surface area contributed by atoms with Crippen LogP contribution in [0, 0.1) is 0 Å². The summed E-state index contributed by atoms with van der Waals surface area (Å²) in [5.74, 6) is -0.732. The van der Waals surface area contributed by atoms with Crippen LogP contribution in [0.3, 0.4) is 0 Å². The van der Waals surface area contributed by atoms with Gasteiger partial charge < -0.3 is 4.74 Å². The van der Waals surface area contributed by atoms with Crippen molar-refractivity contribution in [1.29, 1.82) is 0 Å². The van der Waals surface area contributed by atoms with E-state index in [2.05, 4.69) is 4.74 Å². The maximum atomic E-state index is 11.4. The Morgan fingerprint density at radius 1 is 1.50 bits per heavy atom. The zero-order chi connectivity index (χ0) is 11.2. The van der Waals surface area contributed by atoms with E-state index in [9.17, 15) is 13.2 Å². The Kier molecular flexibility index (Phi) is 6.06. The van der Waals surface area contributed by atoms with Gasteiger partial charge in [0.25, 0.3) is 0 Å². The van der Waals surface area contributed by atoms with Gasteiger partial charge in [-0.25, -0.2) is 8.42 Å². The van der Waals surface area contributed by atoms with Crippen LogP contribution in [0.15, 0.2) is 0 Å². The molecule has 0 aromatic rings. The Hall–Kier alpha value is -0.330. The standard InChI is InChI=1S/C7H14ClNO4S/c1-3-9(6-7(10)13-2)14(11,12)5-4-8/h3-6H2,1-2H3. The number of carbonyl (C=O) groups excluding carboxylic acids is 1. The summed E-state index contributed by atoms with van der Waals surface area (Å²) in [5, 5.41) is 0. The second kappa shape index (κ2) is 6.21. The molecule has 5 nitrogen and oxygen atoms in total. The number of methoxy groups -OCH3 is 1. The normalized spacial score (nSPS) is 11.7. The van der Waals surface area contributed by atoms with Crippen molar-refractivity contribution < 1.29 is 17.9 Å². The fraction of sp³-hybridized carbons (Fsp3) is 0.857. The third-order valence-electron chi connectivity index (χ3n) is 1.61. The van der Waals surface area contributed by atoms with Gasteiger partial charge in [0.15, 0.2) is 0 Å². The number of halogens is 1. The summed E-state index contributed by atoms with van der Waals surface area (Å²) in [4.78, 5) is 10.9. The van der Waals surface area contributed by atoms with Crippen LogP contribution in [0.4, 0.5) is 0 Å². The largest absolute Gasteiger partial charge is 0.468 e. The van der Waals surface area contributed by atoms with Crippen molar-refractivity contribution >= 4 is 27.6 Å². The predicted molar refractivity (Wildman–Crippen MR) is 53.8 cm³/mol. The first kappa shape index (κ1) is 13.7. The average molecular weight is 244 g/mol. The van der Waals surface area contributed by atoms with Gasteiger partial charge >= 0.3 is 5.97 Å². The van der Waals surface area contributed by atoms with E-state index < -0.39 is 16.0 Å². The Balaban J connectivity index is 4.48. The third kappa shape index (κ3) is 4.26. The van der Waals surface area contributed by atoms with E-state index in [0.717, 1.165) is 4.31 Å². The fourth-order valence-electron chi connectivity index (χ4n) is 0.842. The molecule has 0 aliphatic rings.